The van der Waals surface area contributed by atoms with Crippen molar-refractivity contribution in [1.82, 2.24) is 0 Å². The zero-order chi connectivity index (χ0) is 14.4. The summed E-state index contributed by atoms with van der Waals surface area (Å²) in [5.74, 6) is -0.644. The largest absolute Gasteiger partial charge is 0.397 e. The third-order valence-corrected chi connectivity index (χ3v) is 3.44. The molecule has 0 spiro atoms. The molecule has 2 aromatic rings. The minimum Gasteiger partial charge on any atom is -0.397 e. The lowest BCUT2D eigenvalue weighted by Gasteiger charge is -2.08. The van der Waals surface area contributed by atoms with E-state index in [9.17, 15) is 9.18 Å². The van der Waals surface area contributed by atoms with Crippen molar-refractivity contribution in [1.29, 1.82) is 0 Å². The molecule has 3 N–H and O–H groups in total. The number of hydrogen-bond acceptors (Lipinski definition) is 4. The number of nitrogen functional groups attached to an aromatic ring is 1. The van der Waals surface area contributed by atoms with Crippen molar-refractivity contribution in [2.75, 3.05) is 17.7 Å². The zero-order valence-corrected chi connectivity index (χ0v) is 11.6. The van der Waals surface area contributed by atoms with E-state index in [-0.39, 0.29) is 18.0 Å². The van der Waals surface area contributed by atoms with E-state index in [0.717, 1.165) is 4.88 Å². The maximum Gasteiger partial charge on any atom is 0.226 e. The molecule has 0 fully saturated rings. The highest BCUT2D eigenvalue weighted by Crippen LogP contribution is 2.19. The van der Waals surface area contributed by atoms with Gasteiger partial charge in [0.15, 0.2) is 0 Å². The van der Waals surface area contributed by atoms with Crippen LogP contribution in [0.1, 0.15) is 11.3 Å². The number of anilines is 2. The van der Waals surface area contributed by atoms with Gasteiger partial charge in [-0.2, -0.15) is 0 Å². The van der Waals surface area contributed by atoms with E-state index in [1.165, 1.54) is 18.2 Å². The van der Waals surface area contributed by atoms with E-state index in [0.29, 0.717) is 18.9 Å². The number of nitrogens with two attached hydrogens (primary N) is 1. The molecule has 20 heavy (non-hydrogen) atoms. The molecular weight excluding hydrogens is 279 g/mol. The second-order valence-electron chi connectivity index (χ2n) is 4.16. The summed E-state index contributed by atoms with van der Waals surface area (Å²) in [6, 6.07) is 7.79. The van der Waals surface area contributed by atoms with Crippen molar-refractivity contribution in [2.24, 2.45) is 0 Å². The van der Waals surface area contributed by atoms with E-state index in [2.05, 4.69) is 5.32 Å². The number of carbonyl (C=O) groups excluding carboxylic acids is 1. The van der Waals surface area contributed by atoms with Gasteiger partial charge in [0.2, 0.25) is 5.91 Å². The molecule has 0 unspecified atom stereocenters. The third kappa shape index (κ3) is 4.32. The Kier molecular flexibility index (Phi) is 5.09. The minimum absolute atomic E-state index is 0.206. The van der Waals surface area contributed by atoms with Gasteiger partial charge >= 0.3 is 0 Å². The predicted molar refractivity (Wildman–Crippen MR) is 78.0 cm³/mol. The molecule has 0 radical (unpaired) electrons. The summed E-state index contributed by atoms with van der Waals surface area (Å²) in [5.41, 5.74) is 6.22. The number of rotatable bonds is 6. The predicted octanol–water partition coefficient (Wildman–Crippen LogP) is 3.01. The molecule has 0 aliphatic heterocycles. The fourth-order valence-electron chi connectivity index (χ4n) is 1.59. The number of carbonyl (C=O) groups is 1. The van der Waals surface area contributed by atoms with Crippen molar-refractivity contribution in [2.45, 2.75) is 13.0 Å². The van der Waals surface area contributed by atoms with E-state index >= 15 is 0 Å². The Bertz CT molecular complexity index is 573. The zero-order valence-electron chi connectivity index (χ0n) is 10.8. The van der Waals surface area contributed by atoms with Crippen LogP contribution in [0.2, 0.25) is 0 Å². The van der Waals surface area contributed by atoms with Gasteiger partial charge in [-0.25, -0.2) is 4.39 Å². The van der Waals surface area contributed by atoms with Crippen LogP contribution in [0, 0.1) is 5.82 Å². The fourth-order valence-corrected chi connectivity index (χ4v) is 2.23. The molecule has 0 aliphatic carbocycles. The highest BCUT2D eigenvalue weighted by Gasteiger charge is 2.06. The maximum atomic E-state index is 12.9. The first-order valence-electron chi connectivity index (χ1n) is 6.10. The maximum absolute atomic E-state index is 12.9. The van der Waals surface area contributed by atoms with Crippen molar-refractivity contribution < 1.29 is 13.9 Å². The van der Waals surface area contributed by atoms with Gasteiger partial charge in [-0.05, 0) is 29.6 Å². The van der Waals surface area contributed by atoms with Crippen molar-refractivity contribution >= 4 is 28.6 Å². The Morgan fingerprint density at radius 1 is 1.40 bits per heavy atom. The van der Waals surface area contributed by atoms with Crippen molar-refractivity contribution in [3.8, 4) is 0 Å². The van der Waals surface area contributed by atoms with Crippen LogP contribution in [0.4, 0.5) is 15.8 Å². The quantitative estimate of drug-likeness (QED) is 0.636. The van der Waals surface area contributed by atoms with Crippen LogP contribution < -0.4 is 11.1 Å². The summed E-state index contributed by atoms with van der Waals surface area (Å²) in [6.45, 7) is 0.828. The van der Waals surface area contributed by atoms with Gasteiger partial charge < -0.3 is 15.8 Å². The van der Waals surface area contributed by atoms with Crippen LogP contribution in [0.15, 0.2) is 35.7 Å². The van der Waals surface area contributed by atoms with Gasteiger partial charge in [0.05, 0.1) is 31.0 Å². The summed E-state index contributed by atoms with van der Waals surface area (Å²) in [4.78, 5) is 12.8. The van der Waals surface area contributed by atoms with Gasteiger partial charge in [-0.15, -0.1) is 11.3 Å². The topological polar surface area (TPSA) is 64.3 Å². The van der Waals surface area contributed by atoms with Crippen LogP contribution in [0.25, 0.3) is 0 Å². The number of benzene rings is 1. The van der Waals surface area contributed by atoms with Crippen LogP contribution >= 0.6 is 11.3 Å². The molecule has 0 saturated carbocycles. The van der Waals surface area contributed by atoms with E-state index in [1.54, 1.807) is 11.3 Å². The lowest BCUT2D eigenvalue weighted by molar-refractivity contribution is -0.117. The third-order valence-electron chi connectivity index (χ3n) is 2.59. The highest BCUT2D eigenvalue weighted by atomic mass is 32.1. The van der Waals surface area contributed by atoms with Crippen LogP contribution in [-0.2, 0) is 16.1 Å². The molecule has 0 aliphatic rings. The second kappa shape index (κ2) is 7.02. The molecule has 6 heteroatoms. The summed E-state index contributed by atoms with van der Waals surface area (Å²) in [5, 5.41) is 4.60. The summed E-state index contributed by atoms with van der Waals surface area (Å²) >= 11 is 1.61. The Labute approximate surface area is 120 Å². The molecule has 0 atom stereocenters. The average molecular weight is 294 g/mol. The van der Waals surface area contributed by atoms with Gasteiger partial charge in [-0.1, -0.05) is 6.07 Å². The first kappa shape index (κ1) is 14.5. The minimum atomic E-state index is -0.431. The van der Waals surface area contributed by atoms with Gasteiger partial charge in [0, 0.05) is 4.88 Å². The first-order valence-corrected chi connectivity index (χ1v) is 6.98. The smallest absolute Gasteiger partial charge is 0.226 e. The molecule has 1 aromatic carbocycles. The van der Waals surface area contributed by atoms with E-state index in [1.807, 2.05) is 17.5 Å². The number of thiophene rings is 1. The van der Waals surface area contributed by atoms with Gasteiger partial charge in [0.25, 0.3) is 0 Å². The summed E-state index contributed by atoms with van der Waals surface area (Å²) in [7, 11) is 0. The number of amides is 1. The van der Waals surface area contributed by atoms with Crippen molar-refractivity contribution in [3.05, 3.63) is 46.4 Å². The number of ether oxygens (including phenoxy) is 1. The molecule has 1 aromatic heterocycles. The summed E-state index contributed by atoms with van der Waals surface area (Å²) in [6.07, 6.45) is 0.224. The van der Waals surface area contributed by atoms with Gasteiger partial charge in [-0.3, -0.25) is 4.79 Å². The lowest BCUT2D eigenvalue weighted by atomic mass is 10.2. The normalized spacial score (nSPS) is 10.4. The number of halogens is 1. The Morgan fingerprint density at radius 2 is 2.25 bits per heavy atom. The number of nitrogens with one attached hydrogen (secondary N) is 1. The molecule has 2 rings (SSSR count). The highest BCUT2D eigenvalue weighted by molar-refractivity contribution is 7.09. The van der Waals surface area contributed by atoms with Crippen LogP contribution in [0.5, 0.6) is 0 Å². The SMILES string of the molecule is Nc1cc(F)ccc1NC(=O)CCOCc1cccs1. The Morgan fingerprint density at radius 3 is 2.95 bits per heavy atom. The second-order valence-corrected chi connectivity index (χ2v) is 5.19. The average Bonchev–Trinajstić information content (AvgIpc) is 2.91. The van der Waals surface area contributed by atoms with Crippen LogP contribution in [0.3, 0.4) is 0 Å². The monoisotopic (exact) mass is 294 g/mol. The molecular formula is C14H15FN2O2S. The van der Waals surface area contributed by atoms with E-state index < -0.39 is 5.82 Å². The molecule has 0 bridgehead atoms. The summed E-state index contributed by atoms with van der Waals surface area (Å²) < 4.78 is 18.3. The Balaban J connectivity index is 1.72. The van der Waals surface area contributed by atoms with Gasteiger partial charge in [0.1, 0.15) is 5.82 Å². The first-order chi connectivity index (χ1) is 9.65. The molecule has 106 valence electrons. The fraction of sp³-hybridized carbons (Fsp3) is 0.214. The standard InChI is InChI=1S/C14H15FN2O2S/c15-10-3-4-13(12(16)8-10)17-14(18)5-6-19-9-11-2-1-7-20-11/h1-4,7-8H,5-6,9,16H2,(H,17,18). The number of hydrogen-bond donors (Lipinski definition) is 2. The molecule has 0 saturated heterocycles. The van der Waals surface area contributed by atoms with Crippen LogP contribution in [-0.4, -0.2) is 12.5 Å². The molecule has 1 amide bonds. The van der Waals surface area contributed by atoms with E-state index in [4.69, 9.17) is 10.5 Å². The molecule has 4 nitrogen and oxygen atoms in total. The van der Waals surface area contributed by atoms with Crippen molar-refractivity contribution in [3.63, 3.8) is 0 Å². The Hall–Kier alpha value is -1.92. The molecule has 1 heterocycles. The lowest BCUT2D eigenvalue weighted by Crippen LogP contribution is -2.15.